The third-order valence-electron chi connectivity index (χ3n) is 6.82. The van der Waals surface area contributed by atoms with E-state index >= 15 is 0 Å². The van der Waals surface area contributed by atoms with E-state index in [-0.39, 0.29) is 17.0 Å². The standard InChI is InChI=1S/C37H35FN2O6/c1-36(2,3)45-34(42)24-12-8-10-22(18-24)27-20-28-29(32(41)39-7)31(21-14-16-26(38)17-15-21)44-33(28)40-30(27)23-11-9-13-25(19-23)35(43)46-37(4,5)6/h8-20H,1-7H3,(H,39,41). The molecule has 0 saturated carbocycles. The molecule has 5 rings (SSSR count). The molecule has 0 bridgehead atoms. The van der Waals surface area contributed by atoms with Gasteiger partial charge in [0, 0.05) is 23.7 Å². The lowest BCUT2D eigenvalue weighted by Gasteiger charge is -2.20. The second-order valence-corrected chi connectivity index (χ2v) is 12.8. The largest absolute Gasteiger partial charge is 0.456 e. The first kappa shape index (κ1) is 32.1. The van der Waals surface area contributed by atoms with Crippen LogP contribution in [0.1, 0.15) is 72.6 Å². The van der Waals surface area contributed by atoms with E-state index < -0.39 is 34.9 Å². The summed E-state index contributed by atoms with van der Waals surface area (Å²) in [7, 11) is 1.50. The molecule has 0 fully saturated rings. The second-order valence-electron chi connectivity index (χ2n) is 12.8. The normalized spacial score (nSPS) is 11.7. The van der Waals surface area contributed by atoms with Crippen molar-refractivity contribution in [3.63, 3.8) is 0 Å². The van der Waals surface area contributed by atoms with Crippen LogP contribution in [-0.4, -0.2) is 41.1 Å². The number of aromatic nitrogens is 1. The van der Waals surface area contributed by atoms with Crippen molar-refractivity contribution in [2.45, 2.75) is 52.7 Å². The van der Waals surface area contributed by atoms with E-state index in [1.165, 1.54) is 31.3 Å². The average molecular weight is 623 g/mol. The van der Waals surface area contributed by atoms with Crippen molar-refractivity contribution in [2.75, 3.05) is 7.05 Å². The summed E-state index contributed by atoms with van der Waals surface area (Å²) >= 11 is 0. The van der Waals surface area contributed by atoms with Crippen LogP contribution in [0.5, 0.6) is 0 Å². The van der Waals surface area contributed by atoms with Gasteiger partial charge in [0.05, 0.1) is 27.8 Å². The SMILES string of the molecule is CNC(=O)c1c(-c2ccc(F)cc2)oc2nc(-c3cccc(C(=O)OC(C)(C)C)c3)c(-c3cccc(C(=O)OC(C)(C)C)c3)cc12. The molecule has 0 aliphatic rings. The van der Waals surface area contributed by atoms with E-state index in [4.69, 9.17) is 18.9 Å². The predicted octanol–water partition coefficient (Wildman–Crippen LogP) is 8.24. The summed E-state index contributed by atoms with van der Waals surface area (Å²) in [4.78, 5) is 44.2. The molecule has 5 aromatic rings. The number of furan rings is 1. The lowest BCUT2D eigenvalue weighted by Crippen LogP contribution is -2.23. The molecule has 0 aliphatic heterocycles. The Morgan fingerprint density at radius 2 is 1.28 bits per heavy atom. The highest BCUT2D eigenvalue weighted by atomic mass is 19.1. The number of carbonyl (C=O) groups is 3. The fourth-order valence-corrected chi connectivity index (χ4v) is 4.90. The molecule has 3 aromatic carbocycles. The van der Waals surface area contributed by atoms with Crippen LogP contribution in [0.2, 0.25) is 0 Å². The Labute approximate surface area is 266 Å². The summed E-state index contributed by atoms with van der Waals surface area (Å²) in [5.41, 5.74) is 2.30. The molecule has 0 saturated heterocycles. The van der Waals surface area contributed by atoms with Crippen LogP contribution in [0.25, 0.3) is 44.8 Å². The molecule has 1 amide bonds. The maximum Gasteiger partial charge on any atom is 0.338 e. The van der Waals surface area contributed by atoms with E-state index in [2.05, 4.69) is 5.32 Å². The molecule has 0 unspecified atom stereocenters. The topological polar surface area (TPSA) is 108 Å². The number of hydrogen-bond donors (Lipinski definition) is 1. The molecule has 2 aromatic heterocycles. The fraction of sp³-hybridized carbons (Fsp3) is 0.243. The van der Waals surface area contributed by atoms with Crippen molar-refractivity contribution in [3.8, 4) is 33.7 Å². The summed E-state index contributed by atoms with van der Waals surface area (Å²) < 4.78 is 31.2. The Balaban J connectivity index is 1.77. The van der Waals surface area contributed by atoms with Crippen LogP contribution in [0.4, 0.5) is 4.39 Å². The molecule has 2 heterocycles. The molecular formula is C37H35FN2O6. The number of carbonyl (C=O) groups excluding carboxylic acids is 3. The zero-order valence-corrected chi connectivity index (χ0v) is 26.8. The first-order chi connectivity index (χ1) is 21.6. The minimum Gasteiger partial charge on any atom is -0.456 e. The number of rotatable bonds is 6. The van der Waals surface area contributed by atoms with Crippen molar-refractivity contribution in [2.24, 2.45) is 0 Å². The van der Waals surface area contributed by atoms with Crippen LogP contribution >= 0.6 is 0 Å². The maximum atomic E-state index is 13.8. The summed E-state index contributed by atoms with van der Waals surface area (Å²) in [6, 6.07) is 21.1. The van der Waals surface area contributed by atoms with Gasteiger partial charge in [-0.2, -0.15) is 0 Å². The monoisotopic (exact) mass is 622 g/mol. The molecule has 0 atom stereocenters. The van der Waals surface area contributed by atoms with Crippen molar-refractivity contribution >= 4 is 28.9 Å². The van der Waals surface area contributed by atoms with Gasteiger partial charge in [-0.25, -0.2) is 19.0 Å². The van der Waals surface area contributed by atoms with Gasteiger partial charge < -0.3 is 19.2 Å². The quantitative estimate of drug-likeness (QED) is 0.190. The van der Waals surface area contributed by atoms with Gasteiger partial charge in [0.15, 0.2) is 0 Å². The Hall–Kier alpha value is -5.31. The molecule has 0 spiro atoms. The molecule has 0 radical (unpaired) electrons. The molecule has 8 nitrogen and oxygen atoms in total. The van der Waals surface area contributed by atoms with Crippen LogP contribution in [-0.2, 0) is 9.47 Å². The van der Waals surface area contributed by atoms with Crippen molar-refractivity contribution in [3.05, 3.63) is 101 Å². The smallest absolute Gasteiger partial charge is 0.338 e. The minimum atomic E-state index is -0.698. The van der Waals surface area contributed by atoms with Crippen molar-refractivity contribution in [1.29, 1.82) is 0 Å². The number of pyridine rings is 1. The first-order valence-electron chi connectivity index (χ1n) is 14.8. The number of benzene rings is 3. The number of fused-ring (bicyclic) bond motifs is 1. The van der Waals surface area contributed by atoms with Gasteiger partial charge in [-0.05, 0) is 102 Å². The van der Waals surface area contributed by atoms with Gasteiger partial charge >= 0.3 is 11.9 Å². The van der Waals surface area contributed by atoms with Crippen LogP contribution in [0.15, 0.2) is 83.3 Å². The van der Waals surface area contributed by atoms with E-state index in [1.54, 1.807) is 90.1 Å². The zero-order valence-electron chi connectivity index (χ0n) is 26.8. The number of nitrogens with one attached hydrogen (secondary N) is 1. The first-order valence-corrected chi connectivity index (χ1v) is 14.8. The molecule has 236 valence electrons. The highest BCUT2D eigenvalue weighted by molar-refractivity contribution is 6.12. The molecule has 0 aliphatic carbocycles. The van der Waals surface area contributed by atoms with Crippen LogP contribution < -0.4 is 5.32 Å². The molecule has 1 N–H and O–H groups in total. The number of halogens is 1. The van der Waals surface area contributed by atoms with Gasteiger partial charge in [-0.1, -0.05) is 24.3 Å². The minimum absolute atomic E-state index is 0.155. The van der Waals surface area contributed by atoms with Crippen molar-refractivity contribution < 1.29 is 32.7 Å². The number of ether oxygens (including phenoxy) is 2. The molecule has 46 heavy (non-hydrogen) atoms. The third kappa shape index (κ3) is 6.99. The number of esters is 2. The zero-order chi connectivity index (χ0) is 33.4. The highest BCUT2D eigenvalue weighted by Crippen LogP contribution is 2.40. The number of nitrogens with zero attached hydrogens (tertiary/aromatic N) is 1. The number of hydrogen-bond acceptors (Lipinski definition) is 7. The Bertz CT molecular complexity index is 1960. The number of amides is 1. The van der Waals surface area contributed by atoms with Gasteiger partial charge in [0.25, 0.3) is 5.91 Å². The van der Waals surface area contributed by atoms with Gasteiger partial charge in [-0.3, -0.25) is 4.79 Å². The molecule has 9 heteroatoms. The van der Waals surface area contributed by atoms with Gasteiger partial charge in [0.2, 0.25) is 5.71 Å². The summed E-state index contributed by atoms with van der Waals surface area (Å²) in [6.07, 6.45) is 0. The summed E-state index contributed by atoms with van der Waals surface area (Å²) in [6.45, 7) is 10.7. The van der Waals surface area contributed by atoms with Crippen LogP contribution in [0, 0.1) is 5.82 Å². The highest BCUT2D eigenvalue weighted by Gasteiger charge is 2.26. The lowest BCUT2D eigenvalue weighted by atomic mass is 9.95. The average Bonchev–Trinajstić information content (AvgIpc) is 3.37. The van der Waals surface area contributed by atoms with E-state index in [1.807, 2.05) is 6.07 Å². The van der Waals surface area contributed by atoms with Crippen molar-refractivity contribution in [1.82, 2.24) is 10.3 Å². The third-order valence-corrected chi connectivity index (χ3v) is 6.82. The maximum absolute atomic E-state index is 13.8. The molecular weight excluding hydrogens is 587 g/mol. The van der Waals surface area contributed by atoms with Gasteiger partial charge in [-0.15, -0.1) is 0 Å². The lowest BCUT2D eigenvalue weighted by molar-refractivity contribution is 0.00570. The fourth-order valence-electron chi connectivity index (χ4n) is 4.90. The van der Waals surface area contributed by atoms with E-state index in [0.717, 1.165) is 0 Å². The van der Waals surface area contributed by atoms with E-state index in [9.17, 15) is 18.8 Å². The Kier molecular flexibility index (Phi) is 8.54. The second kappa shape index (κ2) is 12.2. The van der Waals surface area contributed by atoms with E-state index in [0.29, 0.717) is 44.5 Å². The predicted molar refractivity (Wildman–Crippen MR) is 174 cm³/mol. The van der Waals surface area contributed by atoms with Gasteiger partial charge in [0.1, 0.15) is 22.8 Å². The van der Waals surface area contributed by atoms with Crippen LogP contribution in [0.3, 0.4) is 0 Å². The Morgan fingerprint density at radius 1 is 0.739 bits per heavy atom. The summed E-state index contributed by atoms with van der Waals surface area (Å²) in [5.74, 6) is -1.63. The Morgan fingerprint density at radius 3 is 1.83 bits per heavy atom. The summed E-state index contributed by atoms with van der Waals surface area (Å²) in [5, 5.41) is 3.06.